The molecule has 0 unspecified atom stereocenters. The van der Waals surface area contributed by atoms with Gasteiger partial charge >= 0.3 is 11.7 Å². The second-order valence-corrected chi connectivity index (χ2v) is 4.12. The Hall–Kier alpha value is -3.03. The molecule has 2 rings (SSSR count). The zero-order chi connectivity index (χ0) is 15.6. The lowest BCUT2D eigenvalue weighted by Gasteiger charge is -2.06. The smallest absolute Gasteiger partial charge is 0.342 e. The van der Waals surface area contributed by atoms with Gasteiger partial charge in [-0.1, -0.05) is 0 Å². The molecule has 0 aliphatic rings. The zero-order valence-corrected chi connectivity index (χ0v) is 10.7. The molecular formula is C13H9FN2O5. The fourth-order valence-corrected chi connectivity index (χ4v) is 1.60. The van der Waals surface area contributed by atoms with Crippen molar-refractivity contribution >= 4 is 11.7 Å². The number of ether oxygens (including phenoxy) is 1. The maximum atomic E-state index is 13.1. The normalized spacial score (nSPS) is 10.2. The summed E-state index contributed by atoms with van der Waals surface area (Å²) in [7, 11) is 0. The molecule has 1 N–H and O–H groups in total. The van der Waals surface area contributed by atoms with Gasteiger partial charge in [0.15, 0.2) is 0 Å². The zero-order valence-electron chi connectivity index (χ0n) is 10.7. The van der Waals surface area contributed by atoms with Crippen molar-refractivity contribution in [2.24, 2.45) is 0 Å². The van der Waals surface area contributed by atoms with Gasteiger partial charge in [0, 0.05) is 6.07 Å². The molecule has 0 aliphatic heterocycles. The van der Waals surface area contributed by atoms with E-state index in [4.69, 9.17) is 9.84 Å². The summed E-state index contributed by atoms with van der Waals surface area (Å²) in [5.41, 5.74) is -0.832. The standard InChI is InChI=1S/C13H9FN2O5/c1-7-4-8(2-3-10(7)14)21-12-5-9(13(17)18)11(6-15-12)16(19)20/h2-6H,1H3,(H,17,18). The summed E-state index contributed by atoms with van der Waals surface area (Å²) in [6.07, 6.45) is 0.801. The number of carbonyl (C=O) groups is 1. The predicted molar refractivity (Wildman–Crippen MR) is 69.1 cm³/mol. The number of carboxylic acids is 1. The molecule has 0 bridgehead atoms. The van der Waals surface area contributed by atoms with Crippen LogP contribution in [0.3, 0.4) is 0 Å². The molecule has 7 nitrogen and oxygen atoms in total. The monoisotopic (exact) mass is 292 g/mol. The molecule has 2 aromatic rings. The van der Waals surface area contributed by atoms with Crippen LogP contribution in [0.4, 0.5) is 10.1 Å². The predicted octanol–water partition coefficient (Wildman–Crippen LogP) is 2.93. The number of hydrogen-bond donors (Lipinski definition) is 1. The number of nitro groups is 1. The molecule has 0 saturated carbocycles. The Bertz CT molecular complexity index is 732. The molecule has 1 aromatic heterocycles. The Morgan fingerprint density at radius 1 is 1.43 bits per heavy atom. The van der Waals surface area contributed by atoms with Crippen molar-refractivity contribution in [2.45, 2.75) is 6.92 Å². The number of benzene rings is 1. The first-order valence-electron chi connectivity index (χ1n) is 5.70. The van der Waals surface area contributed by atoms with Crippen molar-refractivity contribution < 1.29 is 24.0 Å². The average molecular weight is 292 g/mol. The Morgan fingerprint density at radius 2 is 2.14 bits per heavy atom. The highest BCUT2D eigenvalue weighted by Crippen LogP contribution is 2.26. The van der Waals surface area contributed by atoms with E-state index < -0.39 is 28.0 Å². The van der Waals surface area contributed by atoms with Gasteiger partial charge in [0.2, 0.25) is 5.88 Å². The van der Waals surface area contributed by atoms with Gasteiger partial charge in [-0.05, 0) is 30.7 Å². The van der Waals surface area contributed by atoms with Gasteiger partial charge in [-0.15, -0.1) is 0 Å². The lowest BCUT2D eigenvalue weighted by molar-refractivity contribution is -0.385. The Balaban J connectivity index is 2.36. The third kappa shape index (κ3) is 3.11. The molecule has 1 heterocycles. The van der Waals surface area contributed by atoms with Crippen LogP contribution >= 0.6 is 0 Å². The molecule has 0 aliphatic carbocycles. The SMILES string of the molecule is Cc1cc(Oc2cc(C(=O)O)c([N+](=O)[O-])cn2)ccc1F. The van der Waals surface area contributed by atoms with E-state index in [1.807, 2.05) is 0 Å². The minimum absolute atomic E-state index is 0.135. The number of hydrogen-bond acceptors (Lipinski definition) is 5. The van der Waals surface area contributed by atoms with Crippen LogP contribution in [-0.4, -0.2) is 21.0 Å². The first-order chi connectivity index (χ1) is 9.88. The van der Waals surface area contributed by atoms with Gasteiger partial charge in [0.1, 0.15) is 23.3 Å². The van der Waals surface area contributed by atoms with Gasteiger partial charge in [-0.3, -0.25) is 10.1 Å². The summed E-state index contributed by atoms with van der Waals surface area (Å²) in [5, 5.41) is 19.6. The fraction of sp³-hybridized carbons (Fsp3) is 0.0769. The van der Waals surface area contributed by atoms with Gasteiger partial charge in [-0.25, -0.2) is 14.2 Å². The highest BCUT2D eigenvalue weighted by atomic mass is 19.1. The van der Waals surface area contributed by atoms with Crippen LogP contribution in [0.25, 0.3) is 0 Å². The Kier molecular flexibility index (Phi) is 3.79. The van der Waals surface area contributed by atoms with Crippen molar-refractivity contribution in [3.8, 4) is 11.6 Å². The molecular weight excluding hydrogens is 283 g/mol. The summed E-state index contributed by atoms with van der Waals surface area (Å²) in [5.74, 6) is -1.77. The van der Waals surface area contributed by atoms with Crippen LogP contribution in [0, 0.1) is 22.9 Å². The number of carboxylic acid groups (broad SMARTS) is 1. The Morgan fingerprint density at radius 3 is 2.71 bits per heavy atom. The van der Waals surface area contributed by atoms with Gasteiger partial charge in [0.05, 0.1) is 4.92 Å². The van der Waals surface area contributed by atoms with E-state index in [0.29, 0.717) is 5.56 Å². The number of nitrogens with zero attached hydrogens (tertiary/aromatic N) is 2. The van der Waals surface area contributed by atoms with E-state index in [1.165, 1.54) is 25.1 Å². The first kappa shape index (κ1) is 14.4. The lowest BCUT2D eigenvalue weighted by atomic mass is 10.2. The van der Waals surface area contributed by atoms with Crippen LogP contribution in [0.2, 0.25) is 0 Å². The van der Waals surface area contributed by atoms with Crippen molar-refractivity contribution in [1.29, 1.82) is 0 Å². The van der Waals surface area contributed by atoms with E-state index in [-0.39, 0.29) is 11.6 Å². The molecule has 0 saturated heterocycles. The summed E-state index contributed by atoms with van der Waals surface area (Å²) < 4.78 is 18.4. The number of pyridine rings is 1. The highest BCUT2D eigenvalue weighted by Gasteiger charge is 2.21. The highest BCUT2D eigenvalue weighted by molar-refractivity contribution is 5.92. The second-order valence-electron chi connectivity index (χ2n) is 4.12. The number of aromatic carboxylic acids is 1. The number of aryl methyl sites for hydroxylation is 1. The number of halogens is 1. The van der Waals surface area contributed by atoms with Gasteiger partial charge in [-0.2, -0.15) is 0 Å². The van der Waals surface area contributed by atoms with Gasteiger partial charge < -0.3 is 9.84 Å². The third-order valence-corrected chi connectivity index (χ3v) is 2.64. The van der Waals surface area contributed by atoms with Crippen LogP contribution in [0.15, 0.2) is 30.5 Å². The third-order valence-electron chi connectivity index (χ3n) is 2.64. The van der Waals surface area contributed by atoms with Crippen molar-refractivity contribution in [3.05, 3.63) is 57.5 Å². The molecule has 0 amide bonds. The molecule has 0 spiro atoms. The Labute approximate surface area is 117 Å². The molecule has 0 atom stereocenters. The summed E-state index contributed by atoms with van der Waals surface area (Å²) in [6, 6.07) is 4.87. The lowest BCUT2D eigenvalue weighted by Crippen LogP contribution is -2.04. The molecule has 8 heteroatoms. The molecule has 0 fully saturated rings. The van der Waals surface area contributed by atoms with Crippen molar-refractivity contribution in [3.63, 3.8) is 0 Å². The quantitative estimate of drug-likeness (QED) is 0.686. The number of rotatable bonds is 4. The molecule has 0 radical (unpaired) electrons. The van der Waals surface area contributed by atoms with E-state index >= 15 is 0 Å². The largest absolute Gasteiger partial charge is 0.477 e. The van der Waals surface area contributed by atoms with Crippen LogP contribution in [0.1, 0.15) is 15.9 Å². The van der Waals surface area contributed by atoms with Crippen LogP contribution in [0.5, 0.6) is 11.6 Å². The summed E-state index contributed by atoms with van der Waals surface area (Å²) in [6.45, 7) is 1.54. The molecule has 21 heavy (non-hydrogen) atoms. The first-order valence-corrected chi connectivity index (χ1v) is 5.70. The van der Waals surface area contributed by atoms with E-state index in [1.54, 1.807) is 0 Å². The topological polar surface area (TPSA) is 103 Å². The fourth-order valence-electron chi connectivity index (χ4n) is 1.60. The number of aromatic nitrogens is 1. The summed E-state index contributed by atoms with van der Waals surface area (Å²) in [4.78, 5) is 24.5. The van der Waals surface area contributed by atoms with Crippen LogP contribution in [-0.2, 0) is 0 Å². The van der Waals surface area contributed by atoms with E-state index in [2.05, 4.69) is 4.98 Å². The maximum absolute atomic E-state index is 13.1. The minimum Gasteiger partial charge on any atom is -0.477 e. The molecule has 1 aromatic carbocycles. The maximum Gasteiger partial charge on any atom is 0.342 e. The van der Waals surface area contributed by atoms with E-state index in [0.717, 1.165) is 12.3 Å². The van der Waals surface area contributed by atoms with E-state index in [9.17, 15) is 19.3 Å². The molecule has 108 valence electrons. The average Bonchev–Trinajstić information content (AvgIpc) is 2.42. The van der Waals surface area contributed by atoms with Crippen molar-refractivity contribution in [1.82, 2.24) is 4.98 Å². The summed E-state index contributed by atoms with van der Waals surface area (Å²) >= 11 is 0. The van der Waals surface area contributed by atoms with Gasteiger partial charge in [0.25, 0.3) is 0 Å². The second kappa shape index (κ2) is 5.53. The van der Waals surface area contributed by atoms with Crippen molar-refractivity contribution in [2.75, 3.05) is 0 Å². The minimum atomic E-state index is -1.47. The van der Waals surface area contributed by atoms with Crippen LogP contribution < -0.4 is 4.74 Å².